The highest BCUT2D eigenvalue weighted by molar-refractivity contribution is 7.15. The van der Waals surface area contributed by atoms with Crippen molar-refractivity contribution in [3.8, 4) is 0 Å². The summed E-state index contributed by atoms with van der Waals surface area (Å²) in [6.45, 7) is 3.60. The lowest BCUT2D eigenvalue weighted by atomic mass is 10.2. The van der Waals surface area contributed by atoms with Crippen molar-refractivity contribution in [2.75, 3.05) is 12.3 Å². The first kappa shape index (κ1) is 11.4. The fourth-order valence-electron chi connectivity index (χ4n) is 1.02. The Morgan fingerprint density at radius 2 is 2.40 bits per heavy atom. The fourth-order valence-corrected chi connectivity index (χ4v) is 1.71. The van der Waals surface area contributed by atoms with Crippen LogP contribution in [0.5, 0.6) is 0 Å². The van der Waals surface area contributed by atoms with Crippen molar-refractivity contribution < 1.29 is 14.7 Å². The number of thiazole rings is 1. The lowest BCUT2D eigenvalue weighted by Gasteiger charge is -2.01. The second kappa shape index (κ2) is 4.74. The summed E-state index contributed by atoms with van der Waals surface area (Å²) in [5, 5.41) is 11.9. The summed E-state index contributed by atoms with van der Waals surface area (Å²) < 4.78 is 4.71. The Morgan fingerprint density at radius 1 is 1.73 bits per heavy atom. The summed E-state index contributed by atoms with van der Waals surface area (Å²) in [6.07, 6.45) is 0. The van der Waals surface area contributed by atoms with E-state index in [4.69, 9.17) is 15.7 Å². The normalized spacial score (nSPS) is 11.5. The minimum Gasteiger partial charge on any atom is -0.461 e. The zero-order chi connectivity index (χ0) is 11.4. The molecule has 0 aliphatic rings. The largest absolute Gasteiger partial charge is 0.461 e. The number of hydrogen-bond acceptors (Lipinski definition) is 7. The number of ether oxygens (including phenoxy) is 1. The van der Waals surface area contributed by atoms with Crippen molar-refractivity contribution in [2.24, 2.45) is 5.16 Å². The molecule has 82 valence electrons. The second-order valence-corrected chi connectivity index (χ2v) is 3.86. The van der Waals surface area contributed by atoms with Crippen LogP contribution in [0, 0.1) is 6.92 Å². The first-order chi connectivity index (χ1) is 7.10. The summed E-state index contributed by atoms with van der Waals surface area (Å²) in [5.41, 5.74) is 5.51. The maximum Gasteiger partial charge on any atom is 0.362 e. The van der Waals surface area contributed by atoms with Gasteiger partial charge in [-0.2, -0.15) is 0 Å². The first-order valence-electron chi connectivity index (χ1n) is 4.22. The Hall–Kier alpha value is -1.63. The number of hydrogen-bond donors (Lipinski definition) is 2. The monoisotopic (exact) mass is 229 g/mol. The topological polar surface area (TPSA) is 97.8 Å². The molecule has 0 unspecified atom stereocenters. The smallest absolute Gasteiger partial charge is 0.362 e. The average molecular weight is 229 g/mol. The van der Waals surface area contributed by atoms with Crippen LogP contribution in [0.25, 0.3) is 0 Å². The zero-order valence-corrected chi connectivity index (χ0v) is 9.17. The quantitative estimate of drug-likeness (QED) is 0.345. The molecule has 6 nitrogen and oxygen atoms in total. The van der Waals surface area contributed by atoms with Crippen LogP contribution < -0.4 is 5.73 Å². The van der Waals surface area contributed by atoms with Gasteiger partial charge in [-0.1, -0.05) is 5.16 Å². The van der Waals surface area contributed by atoms with Crippen LogP contribution in [-0.2, 0) is 9.53 Å². The van der Waals surface area contributed by atoms with Crippen LogP contribution in [0.1, 0.15) is 17.5 Å². The number of aromatic nitrogens is 1. The molecule has 0 aliphatic carbocycles. The molecule has 3 N–H and O–H groups in total. The fraction of sp³-hybridized carbons (Fsp3) is 0.375. The van der Waals surface area contributed by atoms with E-state index in [2.05, 4.69) is 10.1 Å². The minimum absolute atomic E-state index is 0.205. The van der Waals surface area contributed by atoms with Gasteiger partial charge in [0.2, 0.25) is 5.71 Å². The van der Waals surface area contributed by atoms with Gasteiger partial charge in [0.15, 0.2) is 5.13 Å². The predicted molar refractivity (Wildman–Crippen MR) is 56.2 cm³/mol. The summed E-state index contributed by atoms with van der Waals surface area (Å²) in [5.74, 6) is -0.714. The van der Waals surface area contributed by atoms with Crippen molar-refractivity contribution in [1.82, 2.24) is 4.98 Å². The Balaban J connectivity index is 3.03. The van der Waals surface area contributed by atoms with Crippen molar-refractivity contribution in [3.05, 3.63) is 10.6 Å². The Kier molecular flexibility index (Phi) is 3.62. The molecule has 7 heteroatoms. The molecule has 0 atom stereocenters. The van der Waals surface area contributed by atoms with E-state index in [1.807, 2.05) is 0 Å². The molecule has 1 aromatic heterocycles. The van der Waals surface area contributed by atoms with Crippen LogP contribution in [0.3, 0.4) is 0 Å². The highest BCUT2D eigenvalue weighted by Gasteiger charge is 2.21. The molecule has 0 fully saturated rings. The predicted octanol–water partition coefficient (Wildman–Crippen LogP) is 0.775. The van der Waals surface area contributed by atoms with Crippen LogP contribution in [0.2, 0.25) is 0 Å². The lowest BCUT2D eigenvalue weighted by molar-refractivity contribution is -0.135. The lowest BCUT2D eigenvalue weighted by Crippen LogP contribution is -2.20. The number of carbonyl (C=O) groups excluding carboxylic acids is 1. The van der Waals surface area contributed by atoms with Gasteiger partial charge in [0, 0.05) is 4.88 Å². The van der Waals surface area contributed by atoms with Crippen LogP contribution in [0.15, 0.2) is 5.16 Å². The number of esters is 1. The van der Waals surface area contributed by atoms with E-state index >= 15 is 0 Å². The van der Waals surface area contributed by atoms with E-state index in [1.165, 1.54) is 11.3 Å². The van der Waals surface area contributed by atoms with Crippen molar-refractivity contribution in [3.63, 3.8) is 0 Å². The SMILES string of the molecule is CCOC(=O)/C(=N\O)c1nc(N)sc1C. The van der Waals surface area contributed by atoms with Crippen LogP contribution in [-0.4, -0.2) is 28.5 Å². The molecular weight excluding hydrogens is 218 g/mol. The van der Waals surface area contributed by atoms with E-state index in [0.717, 1.165) is 0 Å². The van der Waals surface area contributed by atoms with E-state index in [-0.39, 0.29) is 18.0 Å². The standard InChI is InChI=1S/C8H11N3O3S/c1-3-14-7(12)6(11-13)5-4(2)15-8(9)10-5/h13H,3H2,1-2H3,(H2,9,10)/b11-6-. The maximum atomic E-state index is 11.3. The van der Waals surface area contributed by atoms with Gasteiger partial charge in [-0.05, 0) is 13.8 Å². The van der Waals surface area contributed by atoms with Gasteiger partial charge >= 0.3 is 5.97 Å². The van der Waals surface area contributed by atoms with Gasteiger partial charge in [0.1, 0.15) is 5.69 Å². The van der Waals surface area contributed by atoms with E-state index < -0.39 is 5.97 Å². The van der Waals surface area contributed by atoms with Gasteiger partial charge in [-0.3, -0.25) is 0 Å². The number of anilines is 1. The number of carbonyl (C=O) groups is 1. The average Bonchev–Trinajstić information content (AvgIpc) is 2.47. The highest BCUT2D eigenvalue weighted by atomic mass is 32.1. The number of nitrogen functional groups attached to an aromatic ring is 1. The Morgan fingerprint density at radius 3 is 2.80 bits per heavy atom. The third-order valence-electron chi connectivity index (χ3n) is 1.61. The third kappa shape index (κ3) is 2.44. The van der Waals surface area contributed by atoms with E-state index in [9.17, 15) is 4.79 Å². The molecule has 0 spiro atoms. The Bertz CT molecular complexity index is 400. The van der Waals surface area contributed by atoms with Gasteiger partial charge in [0.05, 0.1) is 6.61 Å². The molecule has 0 radical (unpaired) electrons. The summed E-state index contributed by atoms with van der Waals surface area (Å²) in [7, 11) is 0. The van der Waals surface area contributed by atoms with Crippen molar-refractivity contribution in [2.45, 2.75) is 13.8 Å². The molecular formula is C8H11N3O3S. The summed E-state index contributed by atoms with van der Waals surface area (Å²) in [4.78, 5) is 15.9. The van der Waals surface area contributed by atoms with Crippen LogP contribution >= 0.6 is 11.3 Å². The molecule has 0 bridgehead atoms. The second-order valence-electron chi connectivity index (χ2n) is 2.63. The maximum absolute atomic E-state index is 11.3. The van der Waals surface area contributed by atoms with E-state index in [0.29, 0.717) is 10.0 Å². The molecule has 0 aromatic carbocycles. The van der Waals surface area contributed by atoms with Gasteiger partial charge in [0.25, 0.3) is 0 Å². The number of nitrogens with zero attached hydrogens (tertiary/aromatic N) is 2. The first-order valence-corrected chi connectivity index (χ1v) is 5.04. The zero-order valence-electron chi connectivity index (χ0n) is 8.35. The van der Waals surface area contributed by atoms with Gasteiger partial charge < -0.3 is 15.7 Å². The summed E-state index contributed by atoms with van der Waals surface area (Å²) >= 11 is 1.22. The van der Waals surface area contributed by atoms with Crippen molar-refractivity contribution >= 4 is 28.1 Å². The number of oxime groups is 1. The molecule has 0 saturated heterocycles. The molecule has 0 amide bonds. The van der Waals surface area contributed by atoms with E-state index in [1.54, 1.807) is 13.8 Å². The van der Waals surface area contributed by atoms with Gasteiger partial charge in [-0.25, -0.2) is 9.78 Å². The third-order valence-corrected chi connectivity index (χ3v) is 2.41. The number of aryl methyl sites for hydroxylation is 1. The number of rotatable bonds is 3. The molecule has 0 aliphatic heterocycles. The molecule has 15 heavy (non-hydrogen) atoms. The van der Waals surface area contributed by atoms with Crippen LogP contribution in [0.4, 0.5) is 5.13 Å². The van der Waals surface area contributed by atoms with Gasteiger partial charge in [-0.15, -0.1) is 11.3 Å². The molecule has 0 saturated carbocycles. The number of nitrogens with two attached hydrogens (primary N) is 1. The molecule has 1 heterocycles. The molecule has 1 aromatic rings. The van der Waals surface area contributed by atoms with Crippen molar-refractivity contribution in [1.29, 1.82) is 0 Å². The minimum atomic E-state index is -0.714. The summed E-state index contributed by atoms with van der Waals surface area (Å²) in [6, 6.07) is 0. The highest BCUT2D eigenvalue weighted by Crippen LogP contribution is 2.20. The molecule has 1 rings (SSSR count). The Labute approximate surface area is 90.4 Å².